The monoisotopic (exact) mass is 272 g/mol. The second kappa shape index (κ2) is 5.01. The number of nitrogens with one attached hydrogen (secondary N) is 2. The fourth-order valence-electron chi connectivity index (χ4n) is 2.34. The van der Waals surface area contributed by atoms with Gasteiger partial charge in [0, 0.05) is 6.20 Å². The zero-order chi connectivity index (χ0) is 14.0. The van der Waals surface area contributed by atoms with Crippen LogP contribution in [0.1, 0.15) is 19.8 Å². The smallest absolute Gasteiger partial charge is 0.244 e. The summed E-state index contributed by atoms with van der Waals surface area (Å²) < 4.78 is 1.53. The van der Waals surface area contributed by atoms with Crippen molar-refractivity contribution in [2.45, 2.75) is 25.3 Å². The number of hydrogen-bond donors (Lipinski definition) is 2. The molecule has 1 aliphatic heterocycles. The van der Waals surface area contributed by atoms with Crippen molar-refractivity contribution in [2.75, 3.05) is 11.9 Å². The second-order valence-electron chi connectivity index (χ2n) is 5.03. The molecule has 0 spiro atoms. The maximum absolute atomic E-state index is 12.4. The van der Waals surface area contributed by atoms with Crippen LogP contribution in [0.25, 0.3) is 5.82 Å². The van der Waals surface area contributed by atoms with E-state index in [0.717, 1.165) is 19.4 Å². The standard InChI is InChI=1S/C13H16N6O/c1-13(5-3-7-16-13)12(20)18-10-4-2-6-15-11(10)19-9-14-8-17-19/h2,4,6,8-9,16H,3,5,7H2,1H3,(H,18,20). The Hall–Kier alpha value is -2.28. The molecule has 1 unspecified atom stereocenters. The van der Waals surface area contributed by atoms with Gasteiger partial charge in [-0.2, -0.15) is 5.10 Å². The average Bonchev–Trinajstić information content (AvgIpc) is 3.11. The van der Waals surface area contributed by atoms with Crippen LogP contribution >= 0.6 is 0 Å². The van der Waals surface area contributed by atoms with Gasteiger partial charge < -0.3 is 10.6 Å². The first-order valence-electron chi connectivity index (χ1n) is 6.55. The lowest BCUT2D eigenvalue weighted by Gasteiger charge is -2.23. The molecule has 0 bridgehead atoms. The van der Waals surface area contributed by atoms with Crippen LogP contribution in [-0.2, 0) is 4.79 Å². The van der Waals surface area contributed by atoms with E-state index in [-0.39, 0.29) is 5.91 Å². The Labute approximate surface area is 116 Å². The fourth-order valence-corrected chi connectivity index (χ4v) is 2.34. The molecule has 0 saturated carbocycles. The molecule has 7 heteroatoms. The Morgan fingerprint density at radius 1 is 1.55 bits per heavy atom. The first kappa shape index (κ1) is 12.7. The normalized spacial score (nSPS) is 21.9. The fraction of sp³-hybridized carbons (Fsp3) is 0.385. The number of carbonyl (C=O) groups is 1. The van der Waals surface area contributed by atoms with Crippen molar-refractivity contribution in [3.8, 4) is 5.82 Å². The Bertz CT molecular complexity index is 603. The van der Waals surface area contributed by atoms with Gasteiger partial charge in [-0.25, -0.2) is 14.6 Å². The zero-order valence-electron chi connectivity index (χ0n) is 11.2. The first-order valence-corrected chi connectivity index (χ1v) is 6.55. The Morgan fingerprint density at radius 3 is 3.15 bits per heavy atom. The number of anilines is 1. The van der Waals surface area contributed by atoms with Gasteiger partial charge in [0.25, 0.3) is 0 Å². The number of amides is 1. The lowest BCUT2D eigenvalue weighted by Crippen LogP contribution is -2.48. The molecule has 3 rings (SSSR count). The van der Waals surface area contributed by atoms with E-state index in [0.29, 0.717) is 11.5 Å². The van der Waals surface area contributed by atoms with Crippen LogP contribution in [0.4, 0.5) is 5.69 Å². The van der Waals surface area contributed by atoms with E-state index in [1.807, 2.05) is 6.92 Å². The van der Waals surface area contributed by atoms with Crippen molar-refractivity contribution in [2.24, 2.45) is 0 Å². The van der Waals surface area contributed by atoms with E-state index in [1.165, 1.54) is 11.0 Å². The molecule has 1 saturated heterocycles. The topological polar surface area (TPSA) is 84.7 Å². The van der Waals surface area contributed by atoms with Crippen LogP contribution in [0, 0.1) is 0 Å². The number of pyridine rings is 1. The number of aromatic nitrogens is 4. The van der Waals surface area contributed by atoms with Crippen molar-refractivity contribution in [1.29, 1.82) is 0 Å². The van der Waals surface area contributed by atoms with E-state index in [9.17, 15) is 4.79 Å². The highest BCUT2D eigenvalue weighted by atomic mass is 16.2. The van der Waals surface area contributed by atoms with Gasteiger partial charge in [-0.1, -0.05) is 0 Å². The van der Waals surface area contributed by atoms with Gasteiger partial charge in [0.2, 0.25) is 5.91 Å². The van der Waals surface area contributed by atoms with Gasteiger partial charge in [-0.05, 0) is 38.4 Å². The van der Waals surface area contributed by atoms with Crippen molar-refractivity contribution in [3.63, 3.8) is 0 Å². The predicted molar refractivity (Wildman–Crippen MR) is 73.4 cm³/mol. The van der Waals surface area contributed by atoms with Crippen LogP contribution in [0.15, 0.2) is 31.0 Å². The molecule has 1 aliphatic rings. The number of carbonyl (C=O) groups excluding carboxylic acids is 1. The van der Waals surface area contributed by atoms with Crippen molar-refractivity contribution >= 4 is 11.6 Å². The summed E-state index contributed by atoms with van der Waals surface area (Å²) in [4.78, 5) is 20.6. The van der Waals surface area contributed by atoms with Crippen LogP contribution in [0.2, 0.25) is 0 Å². The minimum Gasteiger partial charge on any atom is -0.321 e. The minimum absolute atomic E-state index is 0.0515. The zero-order valence-corrected chi connectivity index (χ0v) is 11.2. The molecule has 1 atom stereocenters. The molecule has 104 valence electrons. The Balaban J connectivity index is 1.86. The van der Waals surface area contributed by atoms with Gasteiger partial charge in [0.05, 0.1) is 11.2 Å². The third kappa shape index (κ3) is 2.27. The highest BCUT2D eigenvalue weighted by Gasteiger charge is 2.36. The molecule has 0 aromatic carbocycles. The SMILES string of the molecule is CC1(C(=O)Nc2cccnc2-n2cncn2)CCCN1. The number of nitrogens with zero attached hydrogens (tertiary/aromatic N) is 4. The van der Waals surface area contributed by atoms with Crippen LogP contribution < -0.4 is 10.6 Å². The summed E-state index contributed by atoms with van der Waals surface area (Å²) in [5.74, 6) is 0.504. The molecular weight excluding hydrogens is 256 g/mol. The van der Waals surface area contributed by atoms with E-state index >= 15 is 0 Å². The molecule has 2 aromatic heterocycles. The summed E-state index contributed by atoms with van der Waals surface area (Å²) >= 11 is 0. The maximum atomic E-state index is 12.4. The summed E-state index contributed by atoms with van der Waals surface area (Å²) in [7, 11) is 0. The lowest BCUT2D eigenvalue weighted by molar-refractivity contribution is -0.121. The van der Waals surface area contributed by atoms with E-state index < -0.39 is 5.54 Å². The predicted octanol–water partition coefficient (Wildman–Crippen LogP) is 0.743. The van der Waals surface area contributed by atoms with Gasteiger partial charge in [0.15, 0.2) is 5.82 Å². The third-order valence-electron chi connectivity index (χ3n) is 3.54. The summed E-state index contributed by atoms with van der Waals surface area (Å²) in [6.45, 7) is 2.79. The highest BCUT2D eigenvalue weighted by Crippen LogP contribution is 2.22. The summed E-state index contributed by atoms with van der Waals surface area (Å²) in [5.41, 5.74) is 0.105. The van der Waals surface area contributed by atoms with Crippen molar-refractivity contribution in [1.82, 2.24) is 25.1 Å². The van der Waals surface area contributed by atoms with Gasteiger partial charge in [0.1, 0.15) is 12.7 Å². The van der Waals surface area contributed by atoms with E-state index in [2.05, 4.69) is 25.7 Å². The Morgan fingerprint density at radius 2 is 2.45 bits per heavy atom. The number of hydrogen-bond acceptors (Lipinski definition) is 5. The van der Waals surface area contributed by atoms with E-state index in [4.69, 9.17) is 0 Å². The Kier molecular flexibility index (Phi) is 3.19. The first-order chi connectivity index (χ1) is 9.69. The van der Waals surface area contributed by atoms with Gasteiger partial charge in [-0.15, -0.1) is 0 Å². The molecule has 1 fully saturated rings. The molecule has 0 radical (unpaired) electrons. The highest BCUT2D eigenvalue weighted by molar-refractivity contribution is 5.99. The van der Waals surface area contributed by atoms with Crippen molar-refractivity contribution in [3.05, 3.63) is 31.0 Å². The summed E-state index contributed by atoms with van der Waals surface area (Å²) in [6, 6.07) is 3.58. The average molecular weight is 272 g/mol. The maximum Gasteiger partial charge on any atom is 0.244 e. The third-order valence-corrected chi connectivity index (χ3v) is 3.54. The van der Waals surface area contributed by atoms with Gasteiger partial charge in [-0.3, -0.25) is 4.79 Å². The molecular formula is C13H16N6O. The summed E-state index contributed by atoms with van der Waals surface area (Å²) in [5, 5.41) is 10.2. The summed E-state index contributed by atoms with van der Waals surface area (Å²) in [6.07, 6.45) is 6.47. The second-order valence-corrected chi connectivity index (χ2v) is 5.03. The quantitative estimate of drug-likeness (QED) is 0.861. The molecule has 0 aliphatic carbocycles. The van der Waals surface area contributed by atoms with Crippen LogP contribution in [0.3, 0.4) is 0 Å². The lowest BCUT2D eigenvalue weighted by atomic mass is 9.99. The largest absolute Gasteiger partial charge is 0.321 e. The van der Waals surface area contributed by atoms with Gasteiger partial charge >= 0.3 is 0 Å². The number of rotatable bonds is 3. The molecule has 2 aromatic rings. The molecule has 2 N–H and O–H groups in total. The molecule has 7 nitrogen and oxygen atoms in total. The van der Waals surface area contributed by atoms with E-state index in [1.54, 1.807) is 24.7 Å². The van der Waals surface area contributed by atoms with Crippen LogP contribution in [0.5, 0.6) is 0 Å². The van der Waals surface area contributed by atoms with Crippen LogP contribution in [-0.4, -0.2) is 37.7 Å². The minimum atomic E-state index is -0.518. The molecule has 3 heterocycles. The molecule has 1 amide bonds. The molecule has 20 heavy (non-hydrogen) atoms. The van der Waals surface area contributed by atoms with Crippen molar-refractivity contribution < 1.29 is 4.79 Å².